The van der Waals surface area contributed by atoms with Gasteiger partial charge in [0.05, 0.1) is 23.1 Å². The van der Waals surface area contributed by atoms with Crippen LogP contribution in [-0.2, 0) is 13.0 Å². The molecule has 0 amide bonds. The van der Waals surface area contributed by atoms with E-state index in [2.05, 4.69) is 45.8 Å². The van der Waals surface area contributed by atoms with Crippen LogP contribution in [0.25, 0.3) is 22.5 Å². The number of nitriles is 1. The minimum absolute atomic E-state index is 0.0266. The lowest BCUT2D eigenvalue weighted by molar-refractivity contribution is 0.242. The van der Waals surface area contributed by atoms with Crippen molar-refractivity contribution in [2.24, 2.45) is 0 Å². The predicted octanol–water partition coefficient (Wildman–Crippen LogP) is 4.05. The fourth-order valence-corrected chi connectivity index (χ4v) is 3.53. The van der Waals surface area contributed by atoms with Crippen LogP contribution in [-0.4, -0.2) is 22.8 Å². The monoisotopic (exact) mass is 358 g/mol. The Morgan fingerprint density at radius 2 is 2.07 bits per heavy atom. The Morgan fingerprint density at radius 1 is 1.19 bits per heavy atom. The summed E-state index contributed by atoms with van der Waals surface area (Å²) in [6.07, 6.45) is 1.04. The van der Waals surface area contributed by atoms with Crippen LogP contribution >= 0.6 is 0 Å². The maximum Gasteiger partial charge on any atom is 0.137 e. The van der Waals surface area contributed by atoms with Gasteiger partial charge < -0.3 is 10.1 Å². The van der Waals surface area contributed by atoms with Crippen molar-refractivity contribution in [3.63, 3.8) is 0 Å². The van der Waals surface area contributed by atoms with Gasteiger partial charge in [0.2, 0.25) is 0 Å². The van der Waals surface area contributed by atoms with Crippen molar-refractivity contribution in [2.75, 3.05) is 6.54 Å². The molecule has 3 aromatic rings. The Morgan fingerprint density at radius 3 is 2.89 bits per heavy atom. The molecule has 0 saturated heterocycles. The van der Waals surface area contributed by atoms with Crippen molar-refractivity contribution in [1.29, 1.82) is 5.26 Å². The minimum Gasteiger partial charge on any atom is -0.490 e. The smallest absolute Gasteiger partial charge is 0.137 e. The van der Waals surface area contributed by atoms with Gasteiger partial charge in [-0.1, -0.05) is 18.2 Å². The van der Waals surface area contributed by atoms with E-state index in [0.29, 0.717) is 11.3 Å². The van der Waals surface area contributed by atoms with Crippen LogP contribution in [0.15, 0.2) is 42.5 Å². The van der Waals surface area contributed by atoms with E-state index < -0.39 is 0 Å². The molecule has 0 spiro atoms. The van der Waals surface area contributed by atoms with Gasteiger partial charge in [0.15, 0.2) is 0 Å². The molecule has 27 heavy (non-hydrogen) atoms. The molecule has 2 heterocycles. The second-order valence-electron chi connectivity index (χ2n) is 7.03. The van der Waals surface area contributed by atoms with Crippen LogP contribution in [0.1, 0.15) is 30.5 Å². The van der Waals surface area contributed by atoms with E-state index in [1.807, 2.05) is 32.0 Å². The van der Waals surface area contributed by atoms with Crippen molar-refractivity contribution in [1.82, 2.24) is 15.5 Å². The zero-order valence-electron chi connectivity index (χ0n) is 15.5. The number of aromatic amines is 1. The first-order valence-corrected chi connectivity index (χ1v) is 9.24. The van der Waals surface area contributed by atoms with Crippen molar-refractivity contribution in [3.05, 3.63) is 59.2 Å². The van der Waals surface area contributed by atoms with Crippen LogP contribution in [0.2, 0.25) is 0 Å². The summed E-state index contributed by atoms with van der Waals surface area (Å²) in [5, 5.41) is 20.5. The van der Waals surface area contributed by atoms with Gasteiger partial charge in [-0.25, -0.2) is 0 Å². The van der Waals surface area contributed by atoms with Crippen LogP contribution in [0, 0.1) is 11.3 Å². The summed E-state index contributed by atoms with van der Waals surface area (Å²) < 4.78 is 5.71. The summed E-state index contributed by atoms with van der Waals surface area (Å²) in [7, 11) is 0. The highest BCUT2D eigenvalue weighted by molar-refractivity contribution is 5.72. The maximum absolute atomic E-state index is 9.45. The number of nitrogens with one attached hydrogen (secondary N) is 2. The van der Waals surface area contributed by atoms with E-state index in [-0.39, 0.29) is 6.10 Å². The standard InChI is InChI=1S/C22H22N4O/c1-14(2)27-22-7-6-15(10-17(22)12-23)20-11-21(26-25-20)19-5-3-4-16-13-24-9-8-18(16)19/h3-7,10-11,14,24H,8-9,13H2,1-2H3,(H,25,26). The van der Waals surface area contributed by atoms with Gasteiger partial charge in [-0.05, 0) is 62.2 Å². The van der Waals surface area contributed by atoms with Crippen LogP contribution < -0.4 is 10.1 Å². The third-order valence-electron chi connectivity index (χ3n) is 4.77. The van der Waals surface area contributed by atoms with E-state index in [0.717, 1.165) is 36.5 Å². The molecule has 1 aliphatic rings. The van der Waals surface area contributed by atoms with E-state index in [1.165, 1.54) is 16.7 Å². The summed E-state index contributed by atoms with van der Waals surface area (Å²) in [5.41, 5.74) is 7.18. The molecule has 1 aliphatic heterocycles. The molecule has 136 valence electrons. The van der Waals surface area contributed by atoms with Gasteiger partial charge in [-0.3, -0.25) is 5.10 Å². The Balaban J connectivity index is 1.69. The molecule has 5 nitrogen and oxygen atoms in total. The van der Waals surface area contributed by atoms with E-state index in [9.17, 15) is 5.26 Å². The first-order valence-electron chi connectivity index (χ1n) is 9.24. The number of benzene rings is 2. The highest BCUT2D eigenvalue weighted by Crippen LogP contribution is 2.31. The average molecular weight is 358 g/mol. The first kappa shape index (κ1) is 17.3. The molecule has 0 bridgehead atoms. The zero-order chi connectivity index (χ0) is 18.8. The third-order valence-corrected chi connectivity index (χ3v) is 4.77. The summed E-state index contributed by atoms with van der Waals surface area (Å²) in [4.78, 5) is 0. The average Bonchev–Trinajstić information content (AvgIpc) is 3.17. The van der Waals surface area contributed by atoms with E-state index >= 15 is 0 Å². The molecular formula is C22H22N4O. The molecule has 1 aromatic heterocycles. The molecule has 0 fully saturated rings. The fourth-order valence-electron chi connectivity index (χ4n) is 3.53. The highest BCUT2D eigenvalue weighted by Gasteiger charge is 2.16. The van der Waals surface area contributed by atoms with Crippen molar-refractivity contribution in [3.8, 4) is 34.3 Å². The van der Waals surface area contributed by atoms with Gasteiger partial charge in [-0.15, -0.1) is 0 Å². The Bertz CT molecular complexity index is 1010. The molecule has 2 N–H and O–H groups in total. The van der Waals surface area contributed by atoms with Gasteiger partial charge in [0.1, 0.15) is 11.8 Å². The Labute approximate surface area is 159 Å². The second-order valence-corrected chi connectivity index (χ2v) is 7.03. The summed E-state index contributed by atoms with van der Waals surface area (Å²) in [6.45, 7) is 5.80. The number of nitrogens with zero attached hydrogens (tertiary/aromatic N) is 2. The topological polar surface area (TPSA) is 73.7 Å². The predicted molar refractivity (Wildman–Crippen MR) is 105 cm³/mol. The van der Waals surface area contributed by atoms with Gasteiger partial charge in [0.25, 0.3) is 0 Å². The molecule has 0 radical (unpaired) electrons. The number of aromatic nitrogens is 2. The largest absolute Gasteiger partial charge is 0.490 e. The minimum atomic E-state index is 0.0266. The van der Waals surface area contributed by atoms with Gasteiger partial charge in [-0.2, -0.15) is 10.4 Å². The number of hydrogen-bond acceptors (Lipinski definition) is 4. The summed E-state index contributed by atoms with van der Waals surface area (Å²) in [5.74, 6) is 0.608. The number of H-pyrrole nitrogens is 1. The highest BCUT2D eigenvalue weighted by atomic mass is 16.5. The van der Waals surface area contributed by atoms with Gasteiger partial charge in [0, 0.05) is 17.7 Å². The molecule has 0 aliphatic carbocycles. The van der Waals surface area contributed by atoms with Crippen molar-refractivity contribution >= 4 is 0 Å². The lowest BCUT2D eigenvalue weighted by Gasteiger charge is -2.19. The lowest BCUT2D eigenvalue weighted by atomic mass is 9.93. The number of rotatable bonds is 4. The summed E-state index contributed by atoms with van der Waals surface area (Å²) in [6, 6.07) is 16.3. The zero-order valence-corrected chi connectivity index (χ0v) is 15.5. The second kappa shape index (κ2) is 7.26. The van der Waals surface area contributed by atoms with Crippen molar-refractivity contribution in [2.45, 2.75) is 32.9 Å². The quantitative estimate of drug-likeness (QED) is 0.738. The molecule has 0 atom stereocenters. The maximum atomic E-state index is 9.45. The van der Waals surface area contributed by atoms with E-state index in [4.69, 9.17) is 4.74 Å². The van der Waals surface area contributed by atoms with Crippen LogP contribution in [0.4, 0.5) is 0 Å². The Hall–Kier alpha value is -3.10. The van der Waals surface area contributed by atoms with Crippen molar-refractivity contribution < 1.29 is 4.74 Å². The fraction of sp³-hybridized carbons (Fsp3) is 0.273. The molecule has 0 unspecified atom stereocenters. The molecule has 2 aromatic carbocycles. The van der Waals surface area contributed by atoms with Gasteiger partial charge >= 0.3 is 0 Å². The number of ether oxygens (including phenoxy) is 1. The lowest BCUT2D eigenvalue weighted by Crippen LogP contribution is -2.24. The molecular weight excluding hydrogens is 336 g/mol. The third kappa shape index (κ3) is 3.44. The summed E-state index contributed by atoms with van der Waals surface area (Å²) >= 11 is 0. The molecule has 0 saturated carbocycles. The van der Waals surface area contributed by atoms with Crippen LogP contribution in [0.3, 0.4) is 0 Å². The number of hydrogen-bond donors (Lipinski definition) is 2. The van der Waals surface area contributed by atoms with Crippen LogP contribution in [0.5, 0.6) is 5.75 Å². The molecule has 4 rings (SSSR count). The number of fused-ring (bicyclic) bond motifs is 1. The SMILES string of the molecule is CC(C)Oc1ccc(-c2cc(-c3cccc4c3CCNC4)[nH]n2)cc1C#N. The Kier molecular flexibility index (Phi) is 4.66. The molecule has 5 heteroatoms. The van der Waals surface area contributed by atoms with E-state index in [1.54, 1.807) is 0 Å². The first-order chi connectivity index (χ1) is 13.2. The normalized spacial score (nSPS) is 13.3.